The van der Waals surface area contributed by atoms with E-state index in [0.29, 0.717) is 29.7 Å². The van der Waals surface area contributed by atoms with Gasteiger partial charge in [0.15, 0.2) is 5.13 Å². The van der Waals surface area contributed by atoms with Gasteiger partial charge in [-0.05, 0) is 44.0 Å². The van der Waals surface area contributed by atoms with Crippen LogP contribution in [0.1, 0.15) is 22.6 Å². The summed E-state index contributed by atoms with van der Waals surface area (Å²) < 4.78 is 22.5. The molecule has 0 bridgehead atoms. The van der Waals surface area contributed by atoms with E-state index in [1.165, 1.54) is 23.5 Å². The van der Waals surface area contributed by atoms with Crippen LogP contribution in [-0.4, -0.2) is 35.8 Å². The molecule has 158 valence electrons. The van der Waals surface area contributed by atoms with Crippen molar-refractivity contribution in [2.45, 2.75) is 31.6 Å². The zero-order valence-corrected chi connectivity index (χ0v) is 18.2. The standard InChI is InChI=1S/C19H22N6O3S2/c1-12-9-13(2)23-18(22-12)25-19-24-15(11-29-19)10-17(26)21-8-7-14-3-5-16(6-4-14)30(20,27)28/h3-6,9,11H,7-8,10H2,1-2H3,(H,21,26)(H2,20,27,28)(H,22,23,24,25). The van der Waals surface area contributed by atoms with Gasteiger partial charge in [0.2, 0.25) is 21.9 Å². The van der Waals surface area contributed by atoms with Gasteiger partial charge < -0.3 is 10.6 Å². The molecule has 30 heavy (non-hydrogen) atoms. The molecule has 0 aliphatic rings. The van der Waals surface area contributed by atoms with Crippen LogP contribution in [0.15, 0.2) is 40.6 Å². The van der Waals surface area contributed by atoms with Gasteiger partial charge in [-0.2, -0.15) is 0 Å². The number of amides is 1. The Morgan fingerprint density at radius 2 is 1.77 bits per heavy atom. The van der Waals surface area contributed by atoms with Crippen LogP contribution in [0.4, 0.5) is 11.1 Å². The summed E-state index contributed by atoms with van der Waals surface area (Å²) >= 11 is 1.38. The highest BCUT2D eigenvalue weighted by atomic mass is 32.2. The fourth-order valence-corrected chi connectivity index (χ4v) is 3.96. The normalized spacial score (nSPS) is 11.3. The van der Waals surface area contributed by atoms with Gasteiger partial charge in [0, 0.05) is 23.3 Å². The lowest BCUT2D eigenvalue weighted by Crippen LogP contribution is -2.27. The molecule has 0 saturated carbocycles. The molecule has 2 aromatic heterocycles. The highest BCUT2D eigenvalue weighted by molar-refractivity contribution is 7.89. The number of anilines is 2. The number of aromatic nitrogens is 3. The molecule has 1 amide bonds. The first-order valence-electron chi connectivity index (χ1n) is 9.11. The second kappa shape index (κ2) is 9.28. The third-order valence-corrected chi connectivity index (χ3v) is 5.82. The van der Waals surface area contributed by atoms with Crippen LogP contribution in [0.5, 0.6) is 0 Å². The highest BCUT2D eigenvalue weighted by Gasteiger charge is 2.10. The molecule has 0 fully saturated rings. The molecule has 0 aliphatic heterocycles. The smallest absolute Gasteiger partial charge is 0.238 e. The molecule has 3 rings (SSSR count). The number of nitrogens with one attached hydrogen (secondary N) is 2. The molecule has 0 spiro atoms. The van der Waals surface area contributed by atoms with E-state index < -0.39 is 10.0 Å². The van der Waals surface area contributed by atoms with Crippen molar-refractivity contribution in [3.63, 3.8) is 0 Å². The van der Waals surface area contributed by atoms with Crippen LogP contribution in [0.3, 0.4) is 0 Å². The summed E-state index contributed by atoms with van der Waals surface area (Å²) in [6, 6.07) is 8.15. The maximum absolute atomic E-state index is 12.2. The molecule has 2 heterocycles. The SMILES string of the molecule is Cc1cc(C)nc(Nc2nc(CC(=O)NCCc3ccc(S(N)(=O)=O)cc3)cs2)n1. The molecule has 4 N–H and O–H groups in total. The summed E-state index contributed by atoms with van der Waals surface area (Å²) in [6.07, 6.45) is 0.737. The lowest BCUT2D eigenvalue weighted by molar-refractivity contribution is -0.120. The molecular weight excluding hydrogens is 424 g/mol. The minimum atomic E-state index is -3.70. The lowest BCUT2D eigenvalue weighted by Gasteiger charge is -2.05. The van der Waals surface area contributed by atoms with Crippen LogP contribution < -0.4 is 15.8 Å². The number of rotatable bonds is 8. The van der Waals surface area contributed by atoms with Gasteiger partial charge in [-0.15, -0.1) is 11.3 Å². The average molecular weight is 447 g/mol. The number of hydrogen-bond donors (Lipinski definition) is 3. The van der Waals surface area contributed by atoms with Crippen LogP contribution in [0.25, 0.3) is 0 Å². The maximum Gasteiger partial charge on any atom is 0.238 e. The monoisotopic (exact) mass is 446 g/mol. The van der Waals surface area contributed by atoms with Gasteiger partial charge >= 0.3 is 0 Å². The predicted molar refractivity (Wildman–Crippen MR) is 115 cm³/mol. The summed E-state index contributed by atoms with van der Waals surface area (Å²) in [7, 11) is -3.70. The van der Waals surface area contributed by atoms with Crippen molar-refractivity contribution in [1.29, 1.82) is 0 Å². The topological polar surface area (TPSA) is 140 Å². The summed E-state index contributed by atoms with van der Waals surface area (Å²) in [5.74, 6) is 0.335. The number of primary sulfonamides is 1. The number of hydrogen-bond acceptors (Lipinski definition) is 8. The largest absolute Gasteiger partial charge is 0.355 e. The first kappa shape index (κ1) is 21.8. The van der Waals surface area contributed by atoms with Crippen molar-refractivity contribution in [2.75, 3.05) is 11.9 Å². The van der Waals surface area contributed by atoms with Gasteiger partial charge in [0.25, 0.3) is 0 Å². The molecule has 1 aromatic carbocycles. The van der Waals surface area contributed by atoms with Crippen LogP contribution >= 0.6 is 11.3 Å². The van der Waals surface area contributed by atoms with Gasteiger partial charge in [-0.1, -0.05) is 12.1 Å². The molecule has 0 atom stereocenters. The zero-order valence-electron chi connectivity index (χ0n) is 16.5. The Bertz CT molecular complexity index is 1120. The molecule has 0 unspecified atom stereocenters. The molecule has 9 nitrogen and oxygen atoms in total. The minimum Gasteiger partial charge on any atom is -0.355 e. The van der Waals surface area contributed by atoms with Crippen molar-refractivity contribution in [1.82, 2.24) is 20.3 Å². The molecule has 0 radical (unpaired) electrons. The van der Waals surface area contributed by atoms with E-state index in [1.807, 2.05) is 25.3 Å². The molecule has 0 saturated heterocycles. The van der Waals surface area contributed by atoms with Crippen molar-refractivity contribution in [3.05, 3.63) is 58.4 Å². The summed E-state index contributed by atoms with van der Waals surface area (Å²) in [4.78, 5) is 25.2. The van der Waals surface area contributed by atoms with Crippen molar-refractivity contribution < 1.29 is 13.2 Å². The Hall–Kier alpha value is -2.89. The van der Waals surface area contributed by atoms with E-state index in [1.54, 1.807) is 12.1 Å². The maximum atomic E-state index is 12.2. The van der Waals surface area contributed by atoms with Gasteiger partial charge in [-0.25, -0.2) is 28.5 Å². The van der Waals surface area contributed by atoms with E-state index in [2.05, 4.69) is 25.6 Å². The van der Waals surface area contributed by atoms with E-state index in [9.17, 15) is 13.2 Å². The average Bonchev–Trinajstić information content (AvgIpc) is 3.07. The van der Waals surface area contributed by atoms with Crippen LogP contribution in [0.2, 0.25) is 0 Å². The van der Waals surface area contributed by atoms with Crippen LogP contribution in [0, 0.1) is 13.8 Å². The predicted octanol–water partition coefficient (Wildman–Crippen LogP) is 1.84. The quantitative estimate of drug-likeness (QED) is 0.479. The first-order chi connectivity index (χ1) is 14.2. The molecule has 0 aliphatic carbocycles. The Kier molecular flexibility index (Phi) is 6.75. The van der Waals surface area contributed by atoms with E-state index in [-0.39, 0.29) is 17.2 Å². The lowest BCUT2D eigenvalue weighted by atomic mass is 10.1. The zero-order chi connectivity index (χ0) is 21.7. The number of nitrogens with zero attached hydrogens (tertiary/aromatic N) is 3. The van der Waals surface area contributed by atoms with Gasteiger partial charge in [0.05, 0.1) is 17.0 Å². The molecular formula is C19H22N6O3S2. The third-order valence-electron chi connectivity index (χ3n) is 4.08. The summed E-state index contributed by atoms with van der Waals surface area (Å²) in [5.41, 5.74) is 3.28. The van der Waals surface area contributed by atoms with Gasteiger partial charge in [-0.3, -0.25) is 4.79 Å². The fraction of sp³-hybridized carbons (Fsp3) is 0.263. The minimum absolute atomic E-state index is 0.0643. The van der Waals surface area contributed by atoms with E-state index >= 15 is 0 Å². The summed E-state index contributed by atoms with van der Waals surface area (Å²) in [5, 5.41) is 13.4. The number of thiazole rings is 1. The van der Waals surface area contributed by atoms with Crippen molar-refractivity contribution >= 4 is 38.3 Å². The van der Waals surface area contributed by atoms with Crippen LogP contribution in [-0.2, 0) is 27.7 Å². The second-order valence-corrected chi connectivity index (χ2v) is 9.13. The summed E-state index contributed by atoms with van der Waals surface area (Å²) in [6.45, 7) is 4.22. The molecule has 3 aromatic rings. The van der Waals surface area contributed by atoms with E-state index in [0.717, 1.165) is 17.0 Å². The number of benzene rings is 1. The van der Waals surface area contributed by atoms with Crippen molar-refractivity contribution in [2.24, 2.45) is 5.14 Å². The Morgan fingerprint density at radius 1 is 1.10 bits per heavy atom. The highest BCUT2D eigenvalue weighted by Crippen LogP contribution is 2.19. The number of carbonyl (C=O) groups is 1. The number of sulfonamides is 1. The number of carbonyl (C=O) groups excluding carboxylic acids is 1. The Balaban J connectivity index is 1.47. The Labute approximate surface area is 178 Å². The molecule has 11 heteroatoms. The van der Waals surface area contributed by atoms with Crippen molar-refractivity contribution in [3.8, 4) is 0 Å². The third kappa shape index (κ3) is 6.31. The van der Waals surface area contributed by atoms with E-state index in [4.69, 9.17) is 5.14 Å². The Morgan fingerprint density at radius 3 is 2.40 bits per heavy atom. The number of nitrogens with two attached hydrogens (primary N) is 1. The first-order valence-corrected chi connectivity index (χ1v) is 11.5. The van der Waals surface area contributed by atoms with Gasteiger partial charge in [0.1, 0.15) is 0 Å². The fourth-order valence-electron chi connectivity index (χ4n) is 2.74. The second-order valence-electron chi connectivity index (χ2n) is 6.71. The number of aryl methyl sites for hydroxylation is 2.